The van der Waals surface area contributed by atoms with Crippen molar-refractivity contribution in [2.75, 3.05) is 12.3 Å². The van der Waals surface area contributed by atoms with Gasteiger partial charge in [-0.1, -0.05) is 41.5 Å². The van der Waals surface area contributed by atoms with E-state index >= 15 is 0 Å². The molecule has 298 valence electrons. The normalized spacial score (nSPS) is 16.7. The number of Topliss-reactive ketones (excluding diaryl/α,β-unsaturated/α-hetero) is 1. The van der Waals surface area contributed by atoms with Crippen LogP contribution < -0.4 is 11.3 Å². The maximum Gasteiger partial charge on any atom is 0.306 e. The van der Waals surface area contributed by atoms with Crippen LogP contribution in [-0.4, -0.2) is 96.3 Å². The van der Waals surface area contributed by atoms with Crippen LogP contribution in [0.5, 0.6) is 0 Å². The highest BCUT2D eigenvalue weighted by Gasteiger charge is 2.41. The third kappa shape index (κ3) is 10.1. The molecule has 0 amide bonds. The number of carbonyl (C=O) groups excluding carboxylic acids is 3. The van der Waals surface area contributed by atoms with Gasteiger partial charge in [0.15, 0.2) is 16.9 Å². The van der Waals surface area contributed by atoms with Gasteiger partial charge in [-0.3, -0.25) is 38.1 Å². The number of rotatable bonds is 20. The molecular formula is C36H45N11O9. The lowest BCUT2D eigenvalue weighted by Crippen LogP contribution is -2.32. The molecule has 56 heavy (non-hydrogen) atoms. The number of ether oxygens (including phenoxy) is 3. The van der Waals surface area contributed by atoms with Crippen LogP contribution in [-0.2, 0) is 50.1 Å². The molecule has 0 spiro atoms. The second-order valence-electron chi connectivity index (χ2n) is 13.5. The first-order chi connectivity index (χ1) is 27.1. The number of esters is 2. The Labute approximate surface area is 320 Å². The number of hydrogen-bond donors (Lipinski definition) is 4. The summed E-state index contributed by atoms with van der Waals surface area (Å²) >= 11 is 0. The highest BCUT2D eigenvalue weighted by molar-refractivity contribution is 5.95. The van der Waals surface area contributed by atoms with Gasteiger partial charge in [-0.25, -0.2) is 4.98 Å². The van der Waals surface area contributed by atoms with Crippen LogP contribution in [0.2, 0.25) is 0 Å². The number of fused-ring (bicyclic) bond motifs is 1. The lowest BCUT2D eigenvalue weighted by atomic mass is 10.1. The molecule has 5 heterocycles. The fourth-order valence-corrected chi connectivity index (χ4v) is 6.44. The van der Waals surface area contributed by atoms with E-state index < -0.39 is 35.9 Å². The van der Waals surface area contributed by atoms with Crippen molar-refractivity contribution in [2.45, 2.75) is 109 Å². The molecule has 0 aliphatic carbocycles. The van der Waals surface area contributed by atoms with Crippen molar-refractivity contribution in [3.05, 3.63) is 64.0 Å². The van der Waals surface area contributed by atoms with E-state index in [4.69, 9.17) is 25.1 Å². The number of benzene rings is 1. The Kier molecular flexibility index (Phi) is 13.3. The number of ketones is 1. The summed E-state index contributed by atoms with van der Waals surface area (Å²) in [6, 6.07) is 6.75. The number of nitrogens with two attached hydrogens (primary N) is 1. The Bertz CT molecular complexity index is 2190. The van der Waals surface area contributed by atoms with Crippen LogP contribution >= 0.6 is 0 Å². The zero-order valence-corrected chi connectivity index (χ0v) is 31.0. The predicted octanol–water partition coefficient (Wildman–Crippen LogP) is 2.00. The molecule has 20 heteroatoms. The molecule has 0 saturated carbocycles. The number of aliphatic hydroxyl groups is 2. The van der Waals surface area contributed by atoms with Crippen molar-refractivity contribution >= 4 is 34.8 Å². The van der Waals surface area contributed by atoms with Crippen molar-refractivity contribution in [3.8, 4) is 11.4 Å². The first kappa shape index (κ1) is 39.8. The second-order valence-corrected chi connectivity index (χ2v) is 13.5. The van der Waals surface area contributed by atoms with Crippen molar-refractivity contribution in [1.29, 1.82) is 0 Å². The molecule has 0 bridgehead atoms. The van der Waals surface area contributed by atoms with E-state index in [1.54, 1.807) is 50.6 Å². The number of anilines is 1. The van der Waals surface area contributed by atoms with Crippen molar-refractivity contribution < 1.29 is 38.8 Å². The molecule has 3 atom stereocenters. The SMILES string of the molecule is CC(=O)c1cccc(-c2nc3c(=O)[nH]c(N)nc3n2[C@H]2C[C@H](OC(=O)CCCCCn3cc(CO)nn3)[C@@H](COC(=O)CCCCCn3cc(CO)nn3)O2)c1. The van der Waals surface area contributed by atoms with Gasteiger partial charge in [0, 0.05) is 43.5 Å². The maximum atomic E-state index is 13.2. The number of nitrogen functional groups attached to an aromatic ring is 1. The Hall–Kier alpha value is -5.86. The van der Waals surface area contributed by atoms with Gasteiger partial charge in [0.2, 0.25) is 5.95 Å². The van der Waals surface area contributed by atoms with E-state index in [1.807, 2.05) is 0 Å². The molecule has 4 aromatic heterocycles. The average Bonchev–Trinajstić information content (AvgIpc) is 4.00. The zero-order valence-electron chi connectivity index (χ0n) is 31.0. The first-order valence-electron chi connectivity index (χ1n) is 18.5. The van der Waals surface area contributed by atoms with Gasteiger partial charge in [-0.05, 0) is 38.7 Å². The zero-order chi connectivity index (χ0) is 39.6. The number of unbranched alkanes of at least 4 members (excludes halogenated alkanes) is 4. The lowest BCUT2D eigenvalue weighted by molar-refractivity contribution is -0.158. The molecule has 0 unspecified atom stereocenters. The molecule has 5 aromatic rings. The van der Waals surface area contributed by atoms with Gasteiger partial charge >= 0.3 is 11.9 Å². The van der Waals surface area contributed by atoms with Crippen LogP contribution in [0.25, 0.3) is 22.6 Å². The number of hydrogen-bond acceptors (Lipinski definition) is 16. The summed E-state index contributed by atoms with van der Waals surface area (Å²) in [5.41, 5.74) is 7.40. The van der Waals surface area contributed by atoms with E-state index in [0.717, 1.165) is 19.3 Å². The van der Waals surface area contributed by atoms with Gasteiger partial charge in [0.25, 0.3) is 5.56 Å². The molecule has 1 aromatic carbocycles. The Morgan fingerprint density at radius 2 is 1.59 bits per heavy atom. The molecule has 0 radical (unpaired) electrons. The summed E-state index contributed by atoms with van der Waals surface area (Å²) in [6.45, 7) is 2.04. The number of nitrogens with zero attached hydrogens (tertiary/aromatic N) is 9. The predicted molar refractivity (Wildman–Crippen MR) is 196 cm³/mol. The van der Waals surface area contributed by atoms with E-state index in [-0.39, 0.29) is 67.8 Å². The van der Waals surface area contributed by atoms with Crippen molar-refractivity contribution in [2.24, 2.45) is 0 Å². The third-order valence-corrected chi connectivity index (χ3v) is 9.29. The van der Waals surface area contributed by atoms with Gasteiger partial charge < -0.3 is 30.2 Å². The van der Waals surface area contributed by atoms with Gasteiger partial charge in [-0.15, -0.1) is 10.2 Å². The van der Waals surface area contributed by atoms with Crippen LogP contribution in [0.1, 0.15) is 92.7 Å². The molecule has 20 nitrogen and oxygen atoms in total. The van der Waals surface area contributed by atoms with Crippen molar-refractivity contribution in [3.63, 3.8) is 0 Å². The third-order valence-electron chi connectivity index (χ3n) is 9.29. The number of aromatic nitrogens is 10. The minimum atomic E-state index is -0.888. The molecule has 1 fully saturated rings. The fraction of sp³-hybridized carbons (Fsp3) is 0.500. The highest BCUT2D eigenvalue weighted by atomic mass is 16.6. The second kappa shape index (κ2) is 18.7. The molecule has 1 aliphatic rings. The van der Waals surface area contributed by atoms with Gasteiger partial charge in [0.1, 0.15) is 42.3 Å². The van der Waals surface area contributed by atoms with Gasteiger partial charge in [0.05, 0.1) is 25.6 Å². The van der Waals surface area contributed by atoms with Crippen LogP contribution in [0.15, 0.2) is 41.5 Å². The maximum absolute atomic E-state index is 13.2. The standard InChI is InChI=1S/C36H45N11O9/c1-22(50)23-9-8-10-24(15-23)33-38-32-34(39-36(37)40-35(32)53)47(33)29-16-27(56-31(52)12-5-3-7-14-46-18-26(20-49)42-44-46)28(55-29)21-54-30(51)11-4-2-6-13-45-17-25(19-48)41-43-45/h8-10,15,17-18,27-29,48-49H,2-7,11-14,16,19-21H2,1H3,(H3,37,39,40,53)/t27-,28+,29+/m0/s1. The summed E-state index contributed by atoms with van der Waals surface area (Å²) in [6.07, 6.45) is 5.16. The summed E-state index contributed by atoms with van der Waals surface area (Å²) in [5, 5.41) is 34.0. The van der Waals surface area contributed by atoms with E-state index in [9.17, 15) is 24.3 Å². The number of carbonyl (C=O) groups is 3. The van der Waals surface area contributed by atoms with E-state index in [1.165, 1.54) is 6.92 Å². The number of aromatic amines is 1. The van der Waals surface area contributed by atoms with Crippen LogP contribution in [0.3, 0.4) is 0 Å². The minimum absolute atomic E-state index is 0.00872. The summed E-state index contributed by atoms with van der Waals surface area (Å²) in [5.74, 6) is -0.938. The largest absolute Gasteiger partial charge is 0.463 e. The summed E-state index contributed by atoms with van der Waals surface area (Å²) < 4.78 is 22.9. The molecule has 1 aliphatic heterocycles. The Morgan fingerprint density at radius 3 is 2.21 bits per heavy atom. The van der Waals surface area contributed by atoms with Crippen molar-refractivity contribution in [1.82, 2.24) is 49.5 Å². The van der Waals surface area contributed by atoms with E-state index in [2.05, 4.69) is 35.6 Å². The molecule has 1 saturated heterocycles. The molecule has 6 rings (SSSR count). The van der Waals surface area contributed by atoms with E-state index in [0.29, 0.717) is 54.9 Å². The number of H-pyrrole nitrogens is 1. The quantitative estimate of drug-likeness (QED) is 0.0500. The number of aryl methyl sites for hydroxylation is 2. The molecular weight excluding hydrogens is 730 g/mol. The Morgan fingerprint density at radius 1 is 0.929 bits per heavy atom. The summed E-state index contributed by atoms with van der Waals surface area (Å²) in [7, 11) is 0. The topological polar surface area (TPSA) is 270 Å². The monoisotopic (exact) mass is 775 g/mol. The van der Waals surface area contributed by atoms with Crippen LogP contribution in [0, 0.1) is 0 Å². The molecule has 5 N–H and O–H groups in total. The number of imidazole rings is 1. The fourth-order valence-electron chi connectivity index (χ4n) is 6.44. The Balaban J connectivity index is 1.14. The number of aliphatic hydroxyl groups excluding tert-OH is 2. The highest BCUT2D eigenvalue weighted by Crippen LogP contribution is 2.37. The smallest absolute Gasteiger partial charge is 0.306 e. The van der Waals surface area contributed by atoms with Crippen LogP contribution in [0.4, 0.5) is 5.95 Å². The minimum Gasteiger partial charge on any atom is -0.463 e. The summed E-state index contributed by atoms with van der Waals surface area (Å²) in [4.78, 5) is 62.7. The lowest BCUT2D eigenvalue weighted by Gasteiger charge is -2.19. The average molecular weight is 776 g/mol. The number of nitrogens with one attached hydrogen (secondary N) is 1. The first-order valence-corrected chi connectivity index (χ1v) is 18.5. The van der Waals surface area contributed by atoms with Gasteiger partial charge in [-0.2, -0.15) is 4.98 Å².